The minimum Gasteiger partial charge on any atom is -0.444 e. The molecule has 224 valence electrons. The van der Waals surface area contributed by atoms with Gasteiger partial charge in [0, 0.05) is 6.54 Å². The Labute approximate surface area is 250 Å². The van der Waals surface area contributed by atoms with E-state index in [4.69, 9.17) is 16.3 Å². The highest BCUT2D eigenvalue weighted by molar-refractivity contribution is 6.39. The number of anilines is 3. The summed E-state index contributed by atoms with van der Waals surface area (Å²) in [5.41, 5.74) is 2.52. The molecule has 3 N–H and O–H groups in total. The quantitative estimate of drug-likeness (QED) is 0.380. The summed E-state index contributed by atoms with van der Waals surface area (Å²) >= 11 is 6.64. The van der Waals surface area contributed by atoms with Gasteiger partial charge in [0.1, 0.15) is 11.4 Å². The number of aryl methyl sites for hydroxylation is 1. The van der Waals surface area contributed by atoms with E-state index in [9.17, 15) is 19.2 Å². The van der Waals surface area contributed by atoms with Crippen LogP contribution in [-0.4, -0.2) is 45.8 Å². The summed E-state index contributed by atoms with van der Waals surface area (Å²) in [6.45, 7) is 9.71. The molecule has 42 heavy (non-hydrogen) atoms. The first kappa shape index (κ1) is 29.8. The first-order valence-corrected chi connectivity index (χ1v) is 14.9. The fourth-order valence-corrected chi connectivity index (χ4v) is 6.10. The van der Waals surface area contributed by atoms with Crippen LogP contribution in [0.1, 0.15) is 83.0 Å². The molecule has 1 aromatic heterocycles. The van der Waals surface area contributed by atoms with Gasteiger partial charge in [-0.1, -0.05) is 31.5 Å². The van der Waals surface area contributed by atoms with Crippen molar-refractivity contribution in [2.45, 2.75) is 84.8 Å². The molecule has 0 bridgehead atoms. The van der Waals surface area contributed by atoms with Crippen molar-refractivity contribution >= 4 is 52.6 Å². The fourth-order valence-electron chi connectivity index (χ4n) is 5.80. The number of fused-ring (bicyclic) bond motifs is 1. The van der Waals surface area contributed by atoms with Gasteiger partial charge in [-0.25, -0.2) is 9.78 Å². The number of halogens is 1. The molecule has 1 aromatic carbocycles. The predicted molar refractivity (Wildman–Crippen MR) is 160 cm³/mol. The average Bonchev–Trinajstić information content (AvgIpc) is 3.69. The Balaban J connectivity index is 1.33. The van der Waals surface area contributed by atoms with Crippen molar-refractivity contribution in [3.8, 4) is 0 Å². The number of carbonyl (C=O) groups is 4. The van der Waals surface area contributed by atoms with Crippen LogP contribution in [0.3, 0.4) is 0 Å². The number of carbonyl (C=O) groups excluding carboxylic acids is 4. The van der Waals surface area contributed by atoms with Crippen molar-refractivity contribution < 1.29 is 23.9 Å². The molecule has 10 nitrogen and oxygen atoms in total. The molecule has 2 atom stereocenters. The number of hydrogen-bond acceptors (Lipinski definition) is 6. The van der Waals surface area contributed by atoms with E-state index >= 15 is 0 Å². The van der Waals surface area contributed by atoms with Crippen LogP contribution in [0.15, 0.2) is 24.4 Å². The van der Waals surface area contributed by atoms with Gasteiger partial charge in [0.15, 0.2) is 0 Å². The second kappa shape index (κ2) is 11.2. The maximum Gasteiger partial charge on any atom is 0.413 e. The lowest BCUT2D eigenvalue weighted by Crippen LogP contribution is -2.46. The fraction of sp³-hybridized carbons (Fsp3) is 0.516. The molecule has 5 rings (SSSR count). The van der Waals surface area contributed by atoms with Gasteiger partial charge < -0.3 is 20.3 Å². The standard InChI is InChI=1S/C31H38ClN5O5/c1-6-18-12-21(15-33-25(18)36-29(41)42-30(3,4)5)34-26(38)27(39)37-16-17(2)7-8-23(37)19-11-20-14-31(9-10-31)28(40)35-24(20)22(32)13-19/h11-13,15,17,23H,6-10,14,16H2,1-5H3,(H,34,38)(H,35,40)(H,33,36,41)/t17-,23?/m0/s1. The summed E-state index contributed by atoms with van der Waals surface area (Å²) in [6, 6.07) is 5.21. The van der Waals surface area contributed by atoms with Crippen molar-refractivity contribution in [2.75, 3.05) is 22.5 Å². The van der Waals surface area contributed by atoms with E-state index in [1.54, 1.807) is 37.8 Å². The number of pyridine rings is 1. The molecule has 1 unspecified atom stereocenters. The molecule has 1 spiro atoms. The van der Waals surface area contributed by atoms with Crippen molar-refractivity contribution in [3.05, 3.63) is 46.1 Å². The summed E-state index contributed by atoms with van der Waals surface area (Å²) in [4.78, 5) is 57.5. The third kappa shape index (κ3) is 6.23. The lowest BCUT2D eigenvalue weighted by molar-refractivity contribution is -0.146. The van der Waals surface area contributed by atoms with Crippen LogP contribution in [0.5, 0.6) is 0 Å². The monoisotopic (exact) mass is 595 g/mol. The number of piperidine rings is 1. The average molecular weight is 596 g/mol. The summed E-state index contributed by atoms with van der Waals surface area (Å²) in [6.07, 6.45) is 5.25. The van der Waals surface area contributed by atoms with Crippen molar-refractivity contribution in [1.29, 1.82) is 0 Å². The third-order valence-corrected chi connectivity index (χ3v) is 8.48. The number of aromatic nitrogens is 1. The highest BCUT2D eigenvalue weighted by Crippen LogP contribution is 2.54. The Morgan fingerprint density at radius 3 is 2.57 bits per heavy atom. The maximum absolute atomic E-state index is 13.6. The minimum atomic E-state index is -0.765. The van der Waals surface area contributed by atoms with Crippen LogP contribution < -0.4 is 16.0 Å². The lowest BCUT2D eigenvalue weighted by Gasteiger charge is -2.39. The number of ether oxygens (including phenoxy) is 1. The molecular weight excluding hydrogens is 558 g/mol. The molecule has 0 radical (unpaired) electrons. The van der Waals surface area contributed by atoms with Crippen LogP contribution in [0, 0.1) is 11.3 Å². The number of benzene rings is 1. The molecular formula is C31H38ClN5O5. The molecule has 1 aliphatic carbocycles. The zero-order valence-corrected chi connectivity index (χ0v) is 25.5. The third-order valence-electron chi connectivity index (χ3n) is 8.18. The molecule has 3 heterocycles. The largest absolute Gasteiger partial charge is 0.444 e. The first-order valence-electron chi connectivity index (χ1n) is 14.5. The number of likely N-dealkylation sites (tertiary alicyclic amines) is 1. The number of nitrogens with zero attached hydrogens (tertiary/aromatic N) is 2. The van der Waals surface area contributed by atoms with E-state index in [2.05, 4.69) is 27.9 Å². The summed E-state index contributed by atoms with van der Waals surface area (Å²) in [5, 5.41) is 8.76. The van der Waals surface area contributed by atoms with E-state index in [0.29, 0.717) is 53.6 Å². The maximum atomic E-state index is 13.6. The second-order valence-corrected chi connectivity index (χ2v) is 13.2. The van der Waals surface area contributed by atoms with Gasteiger partial charge in [-0.15, -0.1) is 0 Å². The Morgan fingerprint density at radius 2 is 1.90 bits per heavy atom. The van der Waals surface area contributed by atoms with Gasteiger partial charge in [0.2, 0.25) is 5.91 Å². The van der Waals surface area contributed by atoms with Gasteiger partial charge in [-0.3, -0.25) is 19.7 Å². The van der Waals surface area contributed by atoms with Crippen LogP contribution in [0.2, 0.25) is 5.02 Å². The number of hydrogen-bond donors (Lipinski definition) is 3. The Morgan fingerprint density at radius 1 is 1.17 bits per heavy atom. The van der Waals surface area contributed by atoms with Crippen LogP contribution >= 0.6 is 11.6 Å². The smallest absolute Gasteiger partial charge is 0.413 e. The molecule has 1 saturated heterocycles. The van der Waals surface area contributed by atoms with Gasteiger partial charge in [0.05, 0.1) is 34.1 Å². The molecule has 11 heteroatoms. The Bertz CT molecular complexity index is 1450. The minimum absolute atomic E-state index is 0.0268. The van der Waals surface area contributed by atoms with Crippen molar-refractivity contribution in [1.82, 2.24) is 9.88 Å². The van der Waals surface area contributed by atoms with Crippen LogP contribution in [0.4, 0.5) is 22.0 Å². The van der Waals surface area contributed by atoms with E-state index in [-0.39, 0.29) is 23.3 Å². The predicted octanol–water partition coefficient (Wildman–Crippen LogP) is 5.86. The van der Waals surface area contributed by atoms with Crippen molar-refractivity contribution in [2.24, 2.45) is 11.3 Å². The topological polar surface area (TPSA) is 130 Å². The van der Waals surface area contributed by atoms with Gasteiger partial charge in [-0.2, -0.15) is 0 Å². The lowest BCUT2D eigenvalue weighted by atomic mass is 9.85. The zero-order valence-electron chi connectivity index (χ0n) is 24.7. The molecule has 2 fully saturated rings. The number of amides is 4. The molecule has 2 aromatic rings. The molecule has 2 aliphatic heterocycles. The van der Waals surface area contributed by atoms with E-state index in [1.807, 2.05) is 13.0 Å². The number of nitrogens with one attached hydrogen (secondary N) is 3. The first-order chi connectivity index (χ1) is 19.8. The van der Waals surface area contributed by atoms with E-state index in [0.717, 1.165) is 30.4 Å². The summed E-state index contributed by atoms with van der Waals surface area (Å²) < 4.78 is 5.31. The molecule has 4 amide bonds. The highest BCUT2D eigenvalue weighted by atomic mass is 35.5. The SMILES string of the molecule is CCc1cc(NC(=O)C(=O)N2C[C@@H](C)CCC2c2cc(Cl)c3c(c2)CC2(CC2)C(=O)N3)cnc1NC(=O)OC(C)(C)C. The van der Waals surface area contributed by atoms with Crippen LogP contribution in [-0.2, 0) is 32.0 Å². The van der Waals surface area contributed by atoms with Gasteiger partial charge >= 0.3 is 17.9 Å². The van der Waals surface area contributed by atoms with E-state index in [1.165, 1.54) is 6.20 Å². The Kier molecular flexibility index (Phi) is 7.96. The number of rotatable bonds is 4. The highest BCUT2D eigenvalue weighted by Gasteiger charge is 2.52. The summed E-state index contributed by atoms with van der Waals surface area (Å²) in [5.74, 6) is -0.819. The van der Waals surface area contributed by atoms with Crippen molar-refractivity contribution in [3.63, 3.8) is 0 Å². The van der Waals surface area contributed by atoms with Gasteiger partial charge in [0.25, 0.3) is 0 Å². The molecule has 3 aliphatic rings. The van der Waals surface area contributed by atoms with Gasteiger partial charge in [-0.05, 0) is 94.0 Å². The second-order valence-electron chi connectivity index (χ2n) is 12.8. The summed E-state index contributed by atoms with van der Waals surface area (Å²) in [7, 11) is 0. The van der Waals surface area contributed by atoms with Crippen LogP contribution in [0.25, 0.3) is 0 Å². The zero-order chi connectivity index (χ0) is 30.4. The Hall–Kier alpha value is -3.66. The normalized spacial score (nSPS) is 20.8. The van der Waals surface area contributed by atoms with E-state index < -0.39 is 23.5 Å². The molecule has 1 saturated carbocycles.